The van der Waals surface area contributed by atoms with Crippen molar-refractivity contribution in [1.29, 1.82) is 0 Å². The fourth-order valence-corrected chi connectivity index (χ4v) is 1.81. The van der Waals surface area contributed by atoms with Crippen LogP contribution in [0.4, 0.5) is 0 Å². The lowest BCUT2D eigenvalue weighted by Gasteiger charge is -2.14. The molecule has 0 aromatic carbocycles. The third kappa shape index (κ3) is 4.28. The second kappa shape index (κ2) is 5.98. The second-order valence-electron chi connectivity index (χ2n) is 3.88. The number of aliphatic hydroxyl groups excluding tert-OH is 1. The van der Waals surface area contributed by atoms with Crippen LogP contribution < -0.4 is 0 Å². The largest absolute Gasteiger partial charge is 0.396 e. The minimum atomic E-state index is 0.315. The summed E-state index contributed by atoms with van der Waals surface area (Å²) in [6, 6.07) is 0. The van der Waals surface area contributed by atoms with Gasteiger partial charge in [-0.2, -0.15) is 0 Å². The Balaban J connectivity index is 2.30. The summed E-state index contributed by atoms with van der Waals surface area (Å²) in [5, 5.41) is 8.68. The van der Waals surface area contributed by atoms with E-state index in [9.17, 15) is 0 Å². The Morgan fingerprint density at radius 1 is 1.54 bits per heavy atom. The zero-order chi connectivity index (χ0) is 9.52. The average Bonchev–Trinajstić information content (AvgIpc) is 2.16. The molecule has 0 saturated heterocycles. The molecule has 0 aliphatic heterocycles. The van der Waals surface area contributed by atoms with Crippen LogP contribution in [0.1, 0.15) is 39.0 Å². The molecule has 1 aliphatic carbocycles. The molecule has 1 rings (SSSR count). The van der Waals surface area contributed by atoms with Crippen molar-refractivity contribution in [3.8, 4) is 0 Å². The van der Waals surface area contributed by atoms with Crippen molar-refractivity contribution in [1.82, 2.24) is 0 Å². The Hall–Kier alpha value is -0.560. The fraction of sp³-hybridized carbons (Fsp3) is 0.667. The smallest absolute Gasteiger partial charge is 0.0434 e. The molecule has 0 heterocycles. The van der Waals surface area contributed by atoms with E-state index in [4.69, 9.17) is 5.11 Å². The molecular formula is C12H20O. The van der Waals surface area contributed by atoms with Crippen molar-refractivity contribution < 1.29 is 5.11 Å². The monoisotopic (exact) mass is 180 g/mol. The molecule has 74 valence electrons. The first-order valence-corrected chi connectivity index (χ1v) is 5.26. The summed E-state index contributed by atoms with van der Waals surface area (Å²) in [5.41, 5.74) is 1.44. The lowest BCUT2D eigenvalue weighted by Crippen LogP contribution is -1.99. The molecule has 1 atom stereocenters. The molecule has 1 heteroatoms. The normalized spacial score (nSPS) is 23.5. The van der Waals surface area contributed by atoms with Crippen molar-refractivity contribution >= 4 is 0 Å². The van der Waals surface area contributed by atoms with Crippen LogP contribution in [0, 0.1) is 5.92 Å². The van der Waals surface area contributed by atoms with Gasteiger partial charge in [0.25, 0.3) is 0 Å². The fourth-order valence-electron chi connectivity index (χ4n) is 1.81. The van der Waals surface area contributed by atoms with Crippen molar-refractivity contribution in [2.45, 2.75) is 39.0 Å². The van der Waals surface area contributed by atoms with Gasteiger partial charge in [0.2, 0.25) is 0 Å². The molecular weight excluding hydrogens is 160 g/mol. The van der Waals surface area contributed by atoms with Crippen LogP contribution in [0.5, 0.6) is 0 Å². The molecule has 0 aromatic heterocycles. The first-order valence-electron chi connectivity index (χ1n) is 5.26. The van der Waals surface area contributed by atoms with Crippen molar-refractivity contribution in [3.05, 3.63) is 23.8 Å². The van der Waals surface area contributed by atoms with Crippen molar-refractivity contribution in [2.75, 3.05) is 6.61 Å². The van der Waals surface area contributed by atoms with Gasteiger partial charge in [0.1, 0.15) is 0 Å². The van der Waals surface area contributed by atoms with Gasteiger partial charge in [0.15, 0.2) is 0 Å². The maximum Gasteiger partial charge on any atom is 0.0434 e. The van der Waals surface area contributed by atoms with Gasteiger partial charge in [-0.1, -0.05) is 23.8 Å². The number of allylic oxidation sites excluding steroid dienone is 4. The topological polar surface area (TPSA) is 20.2 Å². The van der Waals surface area contributed by atoms with Gasteiger partial charge in [0, 0.05) is 6.61 Å². The molecule has 1 aliphatic rings. The van der Waals surface area contributed by atoms with Gasteiger partial charge in [-0.25, -0.2) is 0 Å². The molecule has 1 N–H and O–H groups in total. The molecule has 1 nitrogen and oxygen atoms in total. The molecule has 0 radical (unpaired) electrons. The maximum atomic E-state index is 8.68. The lowest BCUT2D eigenvalue weighted by atomic mass is 9.92. The number of rotatable bonds is 4. The van der Waals surface area contributed by atoms with Crippen LogP contribution in [0.15, 0.2) is 23.8 Å². The third-order valence-electron chi connectivity index (χ3n) is 2.56. The highest BCUT2D eigenvalue weighted by Gasteiger charge is 2.06. The standard InChI is InChI=1S/C12H20O/c1-11(6-5-9-13)10-12-7-3-2-4-8-12/h2-3,10,12-13H,4-9H2,1H3/b11-10+/t12-/m0/s1. The first kappa shape index (κ1) is 10.5. The Labute approximate surface area is 81.2 Å². The first-order chi connectivity index (χ1) is 6.33. The summed E-state index contributed by atoms with van der Waals surface area (Å²) < 4.78 is 0. The summed E-state index contributed by atoms with van der Waals surface area (Å²) in [7, 11) is 0. The van der Waals surface area contributed by atoms with Gasteiger partial charge in [-0.15, -0.1) is 0 Å². The molecule has 13 heavy (non-hydrogen) atoms. The average molecular weight is 180 g/mol. The second-order valence-corrected chi connectivity index (χ2v) is 3.88. The molecule has 0 bridgehead atoms. The van der Waals surface area contributed by atoms with Crippen LogP contribution in [0.25, 0.3) is 0 Å². The van der Waals surface area contributed by atoms with Crippen molar-refractivity contribution in [3.63, 3.8) is 0 Å². The highest BCUT2D eigenvalue weighted by molar-refractivity contribution is 5.05. The van der Waals surface area contributed by atoms with Crippen LogP contribution >= 0.6 is 0 Å². The molecule has 0 aromatic rings. The molecule has 0 spiro atoms. The summed E-state index contributed by atoms with van der Waals surface area (Å²) in [4.78, 5) is 0. The predicted octanol–water partition coefficient (Wildman–Crippen LogP) is 3.06. The number of hydrogen-bond acceptors (Lipinski definition) is 1. The van der Waals surface area contributed by atoms with Gasteiger partial charge in [0.05, 0.1) is 0 Å². The van der Waals surface area contributed by atoms with E-state index in [-0.39, 0.29) is 0 Å². The molecule has 0 amide bonds. The Bertz CT molecular complexity index is 191. The molecule has 0 saturated carbocycles. The molecule has 0 unspecified atom stereocenters. The van der Waals surface area contributed by atoms with Gasteiger partial charge in [-0.3, -0.25) is 0 Å². The van der Waals surface area contributed by atoms with Crippen LogP contribution in [0.3, 0.4) is 0 Å². The quantitative estimate of drug-likeness (QED) is 0.659. The van der Waals surface area contributed by atoms with E-state index in [0.717, 1.165) is 18.8 Å². The molecule has 0 fully saturated rings. The predicted molar refractivity (Wildman–Crippen MR) is 56.6 cm³/mol. The Kier molecular flexibility index (Phi) is 4.84. The summed E-state index contributed by atoms with van der Waals surface area (Å²) >= 11 is 0. The van der Waals surface area contributed by atoms with Crippen LogP contribution in [0.2, 0.25) is 0 Å². The minimum Gasteiger partial charge on any atom is -0.396 e. The van der Waals surface area contributed by atoms with E-state index in [1.54, 1.807) is 0 Å². The SMILES string of the molecule is C/C(=C\[C@H]1CC=CCC1)CCCO. The maximum absolute atomic E-state index is 8.68. The lowest BCUT2D eigenvalue weighted by molar-refractivity contribution is 0.288. The Morgan fingerprint density at radius 2 is 2.38 bits per heavy atom. The van der Waals surface area contributed by atoms with Gasteiger partial charge in [-0.05, 0) is 44.9 Å². The number of hydrogen-bond donors (Lipinski definition) is 1. The highest BCUT2D eigenvalue weighted by Crippen LogP contribution is 2.21. The van der Waals surface area contributed by atoms with Crippen molar-refractivity contribution in [2.24, 2.45) is 5.92 Å². The van der Waals surface area contributed by atoms with Gasteiger partial charge >= 0.3 is 0 Å². The van der Waals surface area contributed by atoms with E-state index in [0.29, 0.717) is 6.61 Å². The van der Waals surface area contributed by atoms with E-state index in [1.807, 2.05) is 0 Å². The zero-order valence-corrected chi connectivity index (χ0v) is 8.50. The zero-order valence-electron chi connectivity index (χ0n) is 8.50. The summed E-state index contributed by atoms with van der Waals surface area (Å²) in [6.45, 7) is 2.49. The minimum absolute atomic E-state index is 0.315. The summed E-state index contributed by atoms with van der Waals surface area (Å²) in [5.74, 6) is 0.753. The van der Waals surface area contributed by atoms with E-state index < -0.39 is 0 Å². The third-order valence-corrected chi connectivity index (χ3v) is 2.56. The highest BCUT2D eigenvalue weighted by atomic mass is 16.2. The van der Waals surface area contributed by atoms with Crippen LogP contribution in [-0.2, 0) is 0 Å². The van der Waals surface area contributed by atoms with E-state index in [1.165, 1.54) is 24.8 Å². The van der Waals surface area contributed by atoms with E-state index >= 15 is 0 Å². The van der Waals surface area contributed by atoms with Gasteiger partial charge < -0.3 is 5.11 Å². The van der Waals surface area contributed by atoms with E-state index in [2.05, 4.69) is 25.2 Å². The summed E-state index contributed by atoms with van der Waals surface area (Å²) in [6.07, 6.45) is 12.6. The Morgan fingerprint density at radius 3 is 3.00 bits per heavy atom. The van der Waals surface area contributed by atoms with Crippen LogP contribution in [-0.4, -0.2) is 11.7 Å². The number of aliphatic hydroxyl groups is 1.